The van der Waals surface area contributed by atoms with Crippen LogP contribution in [-0.2, 0) is 30.7 Å². The van der Waals surface area contributed by atoms with Crippen molar-refractivity contribution in [3.63, 3.8) is 0 Å². The van der Waals surface area contributed by atoms with Gasteiger partial charge in [0.2, 0.25) is 15.9 Å². The first-order valence-corrected chi connectivity index (χ1v) is 12.8. The number of amides is 1. The Morgan fingerprint density at radius 1 is 1.12 bits per heavy atom. The highest BCUT2D eigenvalue weighted by Crippen LogP contribution is 2.26. The van der Waals surface area contributed by atoms with Crippen LogP contribution in [0.1, 0.15) is 38.9 Å². The van der Waals surface area contributed by atoms with Crippen molar-refractivity contribution in [2.45, 2.75) is 24.7 Å². The average Bonchev–Trinajstić information content (AvgIpc) is 3.32. The summed E-state index contributed by atoms with van der Waals surface area (Å²) in [6, 6.07) is 8.31. The first-order valence-electron chi connectivity index (χ1n) is 10.5. The summed E-state index contributed by atoms with van der Waals surface area (Å²) in [5.74, 6) is -1.30. The zero-order chi connectivity index (χ0) is 23.8. The van der Waals surface area contributed by atoms with Crippen molar-refractivity contribution in [3.8, 4) is 0 Å². The zero-order valence-corrected chi connectivity index (χ0v) is 19.9. The first kappa shape index (κ1) is 25.0. The molecule has 0 unspecified atom stereocenters. The fourth-order valence-electron chi connectivity index (χ4n) is 3.27. The van der Waals surface area contributed by atoms with Crippen LogP contribution in [-0.4, -0.2) is 69.8 Å². The molecule has 0 bridgehead atoms. The topological polar surface area (TPSA) is 119 Å². The Kier molecular flexibility index (Phi) is 8.73. The minimum absolute atomic E-state index is 0.0520. The van der Waals surface area contributed by atoms with Gasteiger partial charge < -0.3 is 14.8 Å². The maximum Gasteiger partial charge on any atom is 0.350 e. The molecule has 1 aromatic carbocycles. The number of hydrogen-bond acceptors (Lipinski definition) is 8. The van der Waals surface area contributed by atoms with Gasteiger partial charge in [0, 0.05) is 32.1 Å². The van der Waals surface area contributed by atoms with E-state index in [0.717, 1.165) is 29.7 Å². The standard InChI is InChI=1S/C22H26N2O7S2/c1-16(25)23-9-2-3-17-4-6-18(7-5-17)19(26)15-31-22(27)21-20(8-14-32-21)33(28,29)24-10-12-30-13-11-24/h4-8,14H,2-3,9-13,15H2,1H3,(H,23,25). The van der Waals surface area contributed by atoms with Crippen LogP contribution in [0.2, 0.25) is 0 Å². The summed E-state index contributed by atoms with van der Waals surface area (Å²) in [5.41, 5.74) is 1.41. The fraction of sp³-hybridized carbons (Fsp3) is 0.409. The molecule has 0 spiro atoms. The van der Waals surface area contributed by atoms with Crippen molar-refractivity contribution in [1.29, 1.82) is 0 Å². The van der Waals surface area contributed by atoms with Crippen LogP contribution in [0.25, 0.3) is 0 Å². The lowest BCUT2D eigenvalue weighted by molar-refractivity contribution is -0.118. The zero-order valence-electron chi connectivity index (χ0n) is 18.2. The Balaban J connectivity index is 1.55. The molecular formula is C22H26N2O7S2. The molecule has 1 saturated heterocycles. The number of ketones is 1. The minimum Gasteiger partial charge on any atom is -0.453 e. The van der Waals surface area contributed by atoms with Gasteiger partial charge in [0.25, 0.3) is 0 Å². The van der Waals surface area contributed by atoms with Gasteiger partial charge in [-0.15, -0.1) is 11.3 Å². The van der Waals surface area contributed by atoms with Crippen molar-refractivity contribution in [3.05, 3.63) is 51.7 Å². The molecule has 3 rings (SSSR count). The summed E-state index contributed by atoms with van der Waals surface area (Å²) in [4.78, 5) is 35.7. The Hall–Kier alpha value is -2.60. The number of hydrogen-bond donors (Lipinski definition) is 1. The molecule has 9 nitrogen and oxygen atoms in total. The Bertz CT molecular complexity index is 1090. The van der Waals surface area contributed by atoms with Gasteiger partial charge >= 0.3 is 5.97 Å². The highest BCUT2D eigenvalue weighted by atomic mass is 32.2. The molecule has 0 aliphatic carbocycles. The SMILES string of the molecule is CC(=O)NCCCc1ccc(C(=O)COC(=O)c2sccc2S(=O)(=O)N2CCOCC2)cc1. The summed E-state index contributed by atoms with van der Waals surface area (Å²) in [5, 5.41) is 4.24. The molecule has 1 aliphatic rings. The smallest absolute Gasteiger partial charge is 0.350 e. The lowest BCUT2D eigenvalue weighted by atomic mass is 10.1. The van der Waals surface area contributed by atoms with E-state index in [1.165, 1.54) is 22.7 Å². The lowest BCUT2D eigenvalue weighted by Gasteiger charge is -2.25. The molecule has 1 N–H and O–H groups in total. The summed E-state index contributed by atoms with van der Waals surface area (Å²) in [6.45, 7) is 2.59. The molecule has 11 heteroatoms. The third-order valence-corrected chi connectivity index (χ3v) is 7.99. The number of rotatable bonds is 10. The monoisotopic (exact) mass is 494 g/mol. The van der Waals surface area contributed by atoms with Crippen LogP contribution >= 0.6 is 11.3 Å². The molecule has 1 aliphatic heterocycles. The van der Waals surface area contributed by atoms with Gasteiger partial charge in [-0.25, -0.2) is 13.2 Å². The number of thiophene rings is 1. The number of aryl methyl sites for hydroxylation is 1. The second-order valence-corrected chi connectivity index (χ2v) is 10.2. The Labute approximate surface area is 196 Å². The molecule has 0 saturated carbocycles. The van der Waals surface area contributed by atoms with Crippen molar-refractivity contribution in [2.75, 3.05) is 39.5 Å². The van der Waals surface area contributed by atoms with E-state index >= 15 is 0 Å². The number of Topliss-reactive ketones (excluding diaryl/α,β-unsaturated/α-hetero) is 1. The number of sulfonamides is 1. The maximum absolute atomic E-state index is 12.9. The number of nitrogens with one attached hydrogen (secondary N) is 1. The van der Waals surface area contributed by atoms with Crippen molar-refractivity contribution >= 4 is 39.0 Å². The average molecular weight is 495 g/mol. The number of carbonyl (C=O) groups excluding carboxylic acids is 3. The third-order valence-electron chi connectivity index (χ3n) is 5.03. The second-order valence-electron chi connectivity index (χ2n) is 7.41. The van der Waals surface area contributed by atoms with E-state index in [9.17, 15) is 22.8 Å². The third kappa shape index (κ3) is 6.70. The van der Waals surface area contributed by atoms with Crippen LogP contribution in [0.15, 0.2) is 40.6 Å². The minimum atomic E-state index is -3.85. The fourth-order valence-corrected chi connectivity index (χ4v) is 5.96. The van der Waals surface area contributed by atoms with Crippen LogP contribution in [0, 0.1) is 0 Å². The number of esters is 1. The van der Waals surface area contributed by atoms with E-state index in [2.05, 4.69) is 5.32 Å². The molecule has 1 fully saturated rings. The number of morpholine rings is 1. The predicted octanol–water partition coefficient (Wildman–Crippen LogP) is 1.88. The van der Waals surface area contributed by atoms with Gasteiger partial charge in [0.05, 0.1) is 13.2 Å². The van der Waals surface area contributed by atoms with Gasteiger partial charge in [-0.2, -0.15) is 4.31 Å². The predicted molar refractivity (Wildman–Crippen MR) is 122 cm³/mol. The number of ether oxygens (including phenoxy) is 2. The molecule has 0 atom stereocenters. The van der Waals surface area contributed by atoms with Crippen LogP contribution in [0.5, 0.6) is 0 Å². The summed E-state index contributed by atoms with van der Waals surface area (Å²) >= 11 is 0.960. The van der Waals surface area contributed by atoms with Gasteiger partial charge in [0.1, 0.15) is 9.77 Å². The van der Waals surface area contributed by atoms with Crippen molar-refractivity contribution < 1.29 is 32.3 Å². The quantitative estimate of drug-likeness (QED) is 0.304. The normalized spacial score (nSPS) is 14.6. The van der Waals surface area contributed by atoms with E-state index in [1.807, 2.05) is 12.1 Å². The number of benzene rings is 1. The van der Waals surface area contributed by atoms with Crippen molar-refractivity contribution in [1.82, 2.24) is 9.62 Å². The molecule has 0 radical (unpaired) electrons. The molecule has 1 aromatic heterocycles. The summed E-state index contributed by atoms with van der Waals surface area (Å²) in [6.07, 6.45) is 1.53. The van der Waals surface area contributed by atoms with Gasteiger partial charge in [-0.3, -0.25) is 9.59 Å². The molecular weight excluding hydrogens is 468 g/mol. The molecule has 2 heterocycles. The van der Waals surface area contributed by atoms with Gasteiger partial charge in [-0.05, 0) is 29.9 Å². The lowest BCUT2D eigenvalue weighted by Crippen LogP contribution is -2.40. The van der Waals surface area contributed by atoms with E-state index in [0.29, 0.717) is 25.3 Å². The first-order chi connectivity index (χ1) is 15.8. The van der Waals surface area contributed by atoms with E-state index in [-0.39, 0.29) is 34.6 Å². The van der Waals surface area contributed by atoms with E-state index in [1.54, 1.807) is 12.1 Å². The molecule has 178 valence electrons. The van der Waals surface area contributed by atoms with Gasteiger partial charge in [-0.1, -0.05) is 24.3 Å². The number of carbonyl (C=O) groups is 3. The van der Waals surface area contributed by atoms with E-state index in [4.69, 9.17) is 9.47 Å². The molecule has 2 aromatic rings. The van der Waals surface area contributed by atoms with Gasteiger partial charge in [0.15, 0.2) is 12.4 Å². The largest absolute Gasteiger partial charge is 0.453 e. The second kappa shape index (κ2) is 11.5. The highest BCUT2D eigenvalue weighted by molar-refractivity contribution is 7.89. The van der Waals surface area contributed by atoms with Crippen molar-refractivity contribution in [2.24, 2.45) is 0 Å². The molecule has 1 amide bonds. The Morgan fingerprint density at radius 3 is 2.48 bits per heavy atom. The summed E-state index contributed by atoms with van der Waals surface area (Å²) < 4.78 is 37.3. The highest BCUT2D eigenvalue weighted by Gasteiger charge is 2.32. The summed E-state index contributed by atoms with van der Waals surface area (Å²) in [7, 11) is -3.85. The molecule has 33 heavy (non-hydrogen) atoms. The van der Waals surface area contributed by atoms with Crippen LogP contribution in [0.3, 0.4) is 0 Å². The number of nitrogens with zero attached hydrogens (tertiary/aromatic N) is 1. The Morgan fingerprint density at radius 2 is 1.82 bits per heavy atom. The maximum atomic E-state index is 12.9. The van der Waals surface area contributed by atoms with Crippen LogP contribution in [0.4, 0.5) is 0 Å². The van der Waals surface area contributed by atoms with E-state index < -0.39 is 22.6 Å². The van der Waals surface area contributed by atoms with Crippen LogP contribution < -0.4 is 5.32 Å².